The van der Waals surface area contributed by atoms with E-state index in [0.29, 0.717) is 60.5 Å². The number of nitrogens with zero attached hydrogens (tertiary/aromatic N) is 3. The highest BCUT2D eigenvalue weighted by Gasteiger charge is 2.52. The average Bonchev–Trinajstić information content (AvgIpc) is 3.71. The lowest BCUT2D eigenvalue weighted by Gasteiger charge is -2.38. The minimum absolute atomic E-state index is 0.0800. The number of aliphatic imine (C=N–C) groups is 1. The number of hydrogen-bond acceptors (Lipinski definition) is 7. The van der Waals surface area contributed by atoms with E-state index in [0.717, 1.165) is 18.9 Å². The lowest BCUT2D eigenvalue weighted by atomic mass is 9.78. The van der Waals surface area contributed by atoms with Crippen LogP contribution >= 0.6 is 0 Å². The number of halogens is 4. The van der Waals surface area contributed by atoms with Gasteiger partial charge in [-0.15, -0.1) is 0 Å². The normalized spacial score (nSPS) is 22.5. The van der Waals surface area contributed by atoms with Crippen molar-refractivity contribution in [1.29, 1.82) is 0 Å². The number of hydrogen-bond donors (Lipinski definition) is 1. The number of carbonyl (C=O) groups is 1. The minimum atomic E-state index is -4.56. The number of amidine groups is 1. The molecule has 0 radical (unpaired) electrons. The first-order valence-corrected chi connectivity index (χ1v) is 15.1. The predicted molar refractivity (Wildman–Crippen MR) is 158 cm³/mol. The smallest absolute Gasteiger partial charge is 0.399 e. The summed E-state index contributed by atoms with van der Waals surface area (Å²) in [5.41, 5.74) is -0.846. The number of ether oxygens (including phenoxy) is 1. The van der Waals surface area contributed by atoms with Crippen molar-refractivity contribution in [3.63, 3.8) is 0 Å². The van der Waals surface area contributed by atoms with Gasteiger partial charge in [0.25, 0.3) is 5.91 Å². The molecular formula is C31H37BF4N4O4. The summed E-state index contributed by atoms with van der Waals surface area (Å²) >= 11 is 0. The topological polar surface area (TPSA) is 85.3 Å². The van der Waals surface area contributed by atoms with Crippen LogP contribution < -0.4 is 15.7 Å². The number of anilines is 1. The third-order valence-corrected chi connectivity index (χ3v) is 9.52. The van der Waals surface area contributed by atoms with Gasteiger partial charge < -0.3 is 24.3 Å². The van der Waals surface area contributed by atoms with Crippen LogP contribution in [0.5, 0.6) is 0 Å². The van der Waals surface area contributed by atoms with Gasteiger partial charge in [-0.3, -0.25) is 9.79 Å². The SMILES string of the molecule is CCOCc1c(F)cc(B2OC(C)(C)C(C)(C)O2)cc1N1CCC2(CC1)N=C(c1ccc(C(F)(F)F)nc1C1CC1)NC2=O. The summed E-state index contributed by atoms with van der Waals surface area (Å²) in [6.45, 7) is 10.9. The molecule has 1 saturated carbocycles. The highest BCUT2D eigenvalue weighted by molar-refractivity contribution is 6.62. The molecular weight excluding hydrogens is 579 g/mol. The molecule has 13 heteroatoms. The summed E-state index contributed by atoms with van der Waals surface area (Å²) in [6, 6.07) is 5.60. The van der Waals surface area contributed by atoms with Gasteiger partial charge in [0.15, 0.2) is 0 Å². The van der Waals surface area contributed by atoms with Crippen LogP contribution in [0.1, 0.15) is 88.7 Å². The fourth-order valence-electron chi connectivity index (χ4n) is 5.99. The van der Waals surface area contributed by atoms with Crippen LogP contribution in [0.25, 0.3) is 0 Å². The second kappa shape index (κ2) is 10.8. The Morgan fingerprint density at radius 1 is 1.09 bits per heavy atom. The van der Waals surface area contributed by atoms with Crippen LogP contribution in [-0.4, -0.2) is 60.3 Å². The second-order valence-electron chi connectivity index (χ2n) is 13.1. The number of aromatic nitrogens is 1. The summed E-state index contributed by atoms with van der Waals surface area (Å²) in [6.07, 6.45) is -2.39. The molecule has 1 amide bonds. The van der Waals surface area contributed by atoms with E-state index in [9.17, 15) is 18.0 Å². The molecule has 236 valence electrons. The van der Waals surface area contributed by atoms with Crippen molar-refractivity contribution in [1.82, 2.24) is 10.3 Å². The lowest BCUT2D eigenvalue weighted by Crippen LogP contribution is -2.49. The quantitative estimate of drug-likeness (QED) is 0.353. The van der Waals surface area contributed by atoms with Gasteiger partial charge in [-0.1, -0.05) is 0 Å². The fourth-order valence-corrected chi connectivity index (χ4v) is 5.99. The third kappa shape index (κ3) is 5.51. The molecule has 4 heterocycles. The Morgan fingerprint density at radius 3 is 2.34 bits per heavy atom. The molecule has 3 aliphatic heterocycles. The van der Waals surface area contributed by atoms with E-state index in [-0.39, 0.29) is 24.3 Å². The zero-order chi connectivity index (χ0) is 31.7. The third-order valence-electron chi connectivity index (χ3n) is 9.52. The van der Waals surface area contributed by atoms with Crippen molar-refractivity contribution in [2.45, 2.75) is 95.7 Å². The highest BCUT2D eigenvalue weighted by Crippen LogP contribution is 2.43. The van der Waals surface area contributed by atoms with Gasteiger partial charge in [-0.25, -0.2) is 9.37 Å². The standard InChI is InChI=1S/C31H37BF4N4O4/c1-6-42-17-21-22(33)15-19(32-43-28(2,3)29(4,5)44-32)16-23(21)40-13-11-30(12-14-40)27(41)38-26(39-30)20-9-10-24(31(34,35)36)37-25(20)18-7-8-18/h9-10,15-16,18H,6-8,11-14,17H2,1-5H3,(H,38,39,41). The molecule has 3 fully saturated rings. The largest absolute Gasteiger partial charge is 0.495 e. The molecule has 44 heavy (non-hydrogen) atoms. The van der Waals surface area contributed by atoms with Gasteiger partial charge >= 0.3 is 13.3 Å². The van der Waals surface area contributed by atoms with Gasteiger partial charge in [0, 0.05) is 42.4 Å². The molecule has 0 atom stereocenters. The highest BCUT2D eigenvalue weighted by atomic mass is 19.4. The number of pyridine rings is 1. The van der Waals surface area contributed by atoms with Crippen molar-refractivity contribution in [3.05, 3.63) is 52.6 Å². The van der Waals surface area contributed by atoms with Gasteiger partial charge in [-0.05, 0) is 90.0 Å². The van der Waals surface area contributed by atoms with E-state index in [4.69, 9.17) is 19.0 Å². The molecule has 8 nitrogen and oxygen atoms in total. The first kappa shape index (κ1) is 31.0. The maximum Gasteiger partial charge on any atom is 0.495 e. The van der Waals surface area contributed by atoms with E-state index < -0.39 is 41.5 Å². The molecule has 0 bridgehead atoms. The van der Waals surface area contributed by atoms with Gasteiger partial charge in [0.05, 0.1) is 23.5 Å². The number of piperidine rings is 1. The second-order valence-corrected chi connectivity index (χ2v) is 13.1. The summed E-state index contributed by atoms with van der Waals surface area (Å²) in [4.78, 5) is 24.1. The monoisotopic (exact) mass is 616 g/mol. The molecule has 2 aromatic rings. The number of rotatable bonds is 7. The number of alkyl halides is 3. The van der Waals surface area contributed by atoms with Crippen LogP contribution in [0.4, 0.5) is 23.2 Å². The molecule has 1 aromatic carbocycles. The maximum absolute atomic E-state index is 15.7. The van der Waals surface area contributed by atoms with E-state index in [2.05, 4.69) is 10.3 Å². The Balaban J connectivity index is 1.27. The summed E-state index contributed by atoms with van der Waals surface area (Å²) in [5, 5.41) is 2.83. The Hall–Kier alpha value is -3.03. The molecule has 1 aromatic heterocycles. The average molecular weight is 616 g/mol. The first-order valence-electron chi connectivity index (χ1n) is 15.1. The molecule has 1 aliphatic carbocycles. The lowest BCUT2D eigenvalue weighted by molar-refractivity contribution is -0.141. The summed E-state index contributed by atoms with van der Waals surface area (Å²) in [5.74, 6) is -0.541. The Labute approximate surface area is 254 Å². The van der Waals surface area contributed by atoms with Gasteiger partial charge in [0.1, 0.15) is 22.9 Å². The van der Waals surface area contributed by atoms with Crippen molar-refractivity contribution in [2.75, 3.05) is 24.6 Å². The minimum Gasteiger partial charge on any atom is -0.399 e. The van der Waals surface area contributed by atoms with Crippen molar-refractivity contribution in [3.8, 4) is 0 Å². The van der Waals surface area contributed by atoms with Crippen molar-refractivity contribution >= 4 is 30.0 Å². The summed E-state index contributed by atoms with van der Waals surface area (Å²) < 4.78 is 73.8. The molecule has 2 saturated heterocycles. The van der Waals surface area contributed by atoms with Crippen molar-refractivity contribution < 1.29 is 36.4 Å². The molecule has 4 aliphatic rings. The zero-order valence-corrected chi connectivity index (χ0v) is 25.6. The number of amides is 1. The molecule has 1 spiro atoms. The zero-order valence-electron chi connectivity index (χ0n) is 25.6. The number of benzene rings is 1. The molecule has 0 unspecified atom stereocenters. The molecule has 1 N–H and O–H groups in total. The van der Waals surface area contributed by atoms with Crippen LogP contribution in [-0.2, 0) is 31.6 Å². The summed E-state index contributed by atoms with van der Waals surface area (Å²) in [7, 11) is -0.753. The van der Waals surface area contributed by atoms with E-state index >= 15 is 4.39 Å². The number of carbonyl (C=O) groups excluding carboxylic acids is 1. The van der Waals surface area contributed by atoms with E-state index in [1.807, 2.05) is 45.6 Å². The fraction of sp³-hybridized carbons (Fsp3) is 0.581. The van der Waals surface area contributed by atoms with E-state index in [1.165, 1.54) is 12.1 Å². The molecule has 6 rings (SSSR count). The van der Waals surface area contributed by atoms with Gasteiger partial charge in [0.2, 0.25) is 0 Å². The van der Waals surface area contributed by atoms with Crippen LogP contribution in [0, 0.1) is 5.82 Å². The van der Waals surface area contributed by atoms with E-state index in [1.54, 1.807) is 0 Å². The Kier molecular flexibility index (Phi) is 7.61. The first-order chi connectivity index (χ1) is 20.6. The number of nitrogens with one attached hydrogen (secondary N) is 1. The van der Waals surface area contributed by atoms with Crippen LogP contribution in [0.15, 0.2) is 29.3 Å². The van der Waals surface area contributed by atoms with Gasteiger partial charge in [-0.2, -0.15) is 13.2 Å². The maximum atomic E-state index is 15.7. The van der Waals surface area contributed by atoms with Crippen LogP contribution in [0.2, 0.25) is 0 Å². The predicted octanol–water partition coefficient (Wildman–Crippen LogP) is 4.87. The van der Waals surface area contributed by atoms with Crippen LogP contribution in [0.3, 0.4) is 0 Å². The Bertz CT molecular complexity index is 1480. The van der Waals surface area contributed by atoms with Crippen molar-refractivity contribution in [2.24, 2.45) is 4.99 Å². The Morgan fingerprint density at radius 2 is 1.75 bits per heavy atom.